The standard InChI is InChI=1S/C20H25BrN2O4S/c1-4-12-27-19-11-6-15(21)13-18(19)20(24)22-16-7-9-17(10-8-16)28(25,26)23-14(3)5-2/h6-11,13-14,23H,4-5,12H2,1-3H3,(H,22,24). The second-order valence-corrected chi connectivity index (χ2v) is 9.03. The van der Waals surface area contributed by atoms with Gasteiger partial charge in [-0.05, 0) is 62.2 Å². The number of halogens is 1. The van der Waals surface area contributed by atoms with Crippen molar-refractivity contribution in [3.8, 4) is 5.75 Å². The fraction of sp³-hybridized carbons (Fsp3) is 0.350. The average molecular weight is 469 g/mol. The molecule has 0 saturated heterocycles. The van der Waals surface area contributed by atoms with Gasteiger partial charge in [-0.25, -0.2) is 13.1 Å². The molecule has 28 heavy (non-hydrogen) atoms. The van der Waals surface area contributed by atoms with Gasteiger partial charge in [0, 0.05) is 16.2 Å². The molecular weight excluding hydrogens is 444 g/mol. The van der Waals surface area contributed by atoms with Gasteiger partial charge in [0.2, 0.25) is 10.0 Å². The Bertz CT molecular complexity index is 914. The third-order valence-corrected chi connectivity index (χ3v) is 6.14. The molecule has 0 spiro atoms. The number of anilines is 1. The van der Waals surface area contributed by atoms with Crippen LogP contribution in [0.15, 0.2) is 51.8 Å². The Morgan fingerprint density at radius 3 is 2.43 bits per heavy atom. The smallest absolute Gasteiger partial charge is 0.259 e. The van der Waals surface area contributed by atoms with Gasteiger partial charge in [-0.3, -0.25) is 4.79 Å². The van der Waals surface area contributed by atoms with E-state index >= 15 is 0 Å². The highest BCUT2D eigenvalue weighted by atomic mass is 79.9. The van der Waals surface area contributed by atoms with Gasteiger partial charge in [-0.2, -0.15) is 0 Å². The van der Waals surface area contributed by atoms with Crippen LogP contribution in [0.4, 0.5) is 5.69 Å². The van der Waals surface area contributed by atoms with Crippen molar-refractivity contribution in [2.24, 2.45) is 0 Å². The third kappa shape index (κ3) is 6.05. The van der Waals surface area contributed by atoms with Crippen LogP contribution in [0.3, 0.4) is 0 Å². The molecule has 6 nitrogen and oxygen atoms in total. The molecule has 1 atom stereocenters. The van der Waals surface area contributed by atoms with Crippen molar-refractivity contribution in [2.45, 2.75) is 44.6 Å². The summed E-state index contributed by atoms with van der Waals surface area (Å²) in [6.07, 6.45) is 1.53. The first kappa shape index (κ1) is 22.4. The maximum absolute atomic E-state index is 12.7. The lowest BCUT2D eigenvalue weighted by Crippen LogP contribution is -2.31. The maximum atomic E-state index is 12.7. The minimum Gasteiger partial charge on any atom is -0.493 e. The Balaban J connectivity index is 2.16. The fourth-order valence-electron chi connectivity index (χ4n) is 2.35. The molecule has 0 aromatic heterocycles. The van der Waals surface area contributed by atoms with Gasteiger partial charge >= 0.3 is 0 Å². The lowest BCUT2D eigenvalue weighted by Gasteiger charge is -2.13. The van der Waals surface area contributed by atoms with E-state index in [-0.39, 0.29) is 16.8 Å². The van der Waals surface area contributed by atoms with Gasteiger partial charge in [0.25, 0.3) is 5.91 Å². The highest BCUT2D eigenvalue weighted by Crippen LogP contribution is 2.25. The largest absolute Gasteiger partial charge is 0.493 e. The van der Waals surface area contributed by atoms with Crippen LogP contribution in [0.1, 0.15) is 44.0 Å². The number of carbonyl (C=O) groups is 1. The minimum absolute atomic E-state index is 0.151. The van der Waals surface area contributed by atoms with Crippen LogP contribution in [0, 0.1) is 0 Å². The molecule has 0 radical (unpaired) electrons. The van der Waals surface area contributed by atoms with Crippen LogP contribution in [-0.2, 0) is 10.0 Å². The fourth-order valence-corrected chi connectivity index (χ4v) is 4.04. The van der Waals surface area contributed by atoms with E-state index in [1.165, 1.54) is 12.1 Å². The van der Waals surface area contributed by atoms with Crippen molar-refractivity contribution in [3.63, 3.8) is 0 Å². The molecule has 2 N–H and O–H groups in total. The van der Waals surface area contributed by atoms with Gasteiger partial charge in [0.15, 0.2) is 0 Å². The van der Waals surface area contributed by atoms with E-state index in [0.717, 1.165) is 10.9 Å². The summed E-state index contributed by atoms with van der Waals surface area (Å²) in [6, 6.07) is 11.2. The van der Waals surface area contributed by atoms with Crippen molar-refractivity contribution >= 4 is 37.5 Å². The molecule has 0 heterocycles. The van der Waals surface area contributed by atoms with Crippen LogP contribution in [0.5, 0.6) is 5.75 Å². The van der Waals surface area contributed by atoms with Gasteiger partial charge in [0.05, 0.1) is 17.1 Å². The first-order valence-corrected chi connectivity index (χ1v) is 11.4. The highest BCUT2D eigenvalue weighted by molar-refractivity contribution is 9.10. The Labute approximate surface area is 174 Å². The Hall–Kier alpha value is -1.90. The van der Waals surface area contributed by atoms with E-state index in [0.29, 0.717) is 30.0 Å². The SMILES string of the molecule is CCCOc1ccc(Br)cc1C(=O)Nc1ccc(S(=O)(=O)NC(C)CC)cc1. The first-order chi connectivity index (χ1) is 13.3. The quantitative estimate of drug-likeness (QED) is 0.564. The molecule has 0 aliphatic heterocycles. The lowest BCUT2D eigenvalue weighted by molar-refractivity contribution is 0.102. The number of nitrogens with one attached hydrogen (secondary N) is 2. The second kappa shape index (κ2) is 10.0. The van der Waals surface area contributed by atoms with Crippen molar-refractivity contribution in [3.05, 3.63) is 52.5 Å². The number of ether oxygens (including phenoxy) is 1. The number of amides is 1. The van der Waals surface area contributed by atoms with Gasteiger partial charge < -0.3 is 10.1 Å². The summed E-state index contributed by atoms with van der Waals surface area (Å²) in [6.45, 7) is 6.22. The predicted octanol–water partition coefficient (Wildman–Crippen LogP) is 4.57. The molecule has 0 bridgehead atoms. The van der Waals surface area contributed by atoms with E-state index in [4.69, 9.17) is 4.74 Å². The van der Waals surface area contributed by atoms with Gasteiger partial charge in [-0.1, -0.05) is 29.8 Å². The summed E-state index contributed by atoms with van der Waals surface area (Å²) in [7, 11) is -3.58. The number of sulfonamides is 1. The van der Waals surface area contributed by atoms with Crippen molar-refractivity contribution in [2.75, 3.05) is 11.9 Å². The van der Waals surface area contributed by atoms with Crippen LogP contribution in [0.25, 0.3) is 0 Å². The number of hydrogen-bond acceptors (Lipinski definition) is 4. The Kier molecular flexibility index (Phi) is 8.03. The average Bonchev–Trinajstić information content (AvgIpc) is 2.67. The monoisotopic (exact) mass is 468 g/mol. The summed E-state index contributed by atoms with van der Waals surface area (Å²) in [5.41, 5.74) is 0.895. The predicted molar refractivity (Wildman–Crippen MR) is 114 cm³/mol. The summed E-state index contributed by atoms with van der Waals surface area (Å²) >= 11 is 3.37. The normalized spacial score (nSPS) is 12.4. The van der Waals surface area contributed by atoms with E-state index in [1.807, 2.05) is 26.8 Å². The van der Waals surface area contributed by atoms with E-state index < -0.39 is 10.0 Å². The molecule has 0 fully saturated rings. The molecule has 8 heteroatoms. The third-order valence-electron chi connectivity index (χ3n) is 4.04. The van der Waals surface area contributed by atoms with Crippen LogP contribution < -0.4 is 14.8 Å². The highest BCUT2D eigenvalue weighted by Gasteiger charge is 2.17. The summed E-state index contributed by atoms with van der Waals surface area (Å²) in [4.78, 5) is 12.8. The molecule has 0 aliphatic rings. The molecule has 2 aromatic rings. The Morgan fingerprint density at radius 2 is 1.82 bits per heavy atom. The number of carbonyl (C=O) groups excluding carboxylic acids is 1. The lowest BCUT2D eigenvalue weighted by atomic mass is 10.2. The topological polar surface area (TPSA) is 84.5 Å². The van der Waals surface area contributed by atoms with Crippen LogP contribution >= 0.6 is 15.9 Å². The van der Waals surface area contributed by atoms with Gasteiger partial charge in [-0.15, -0.1) is 0 Å². The number of hydrogen-bond donors (Lipinski definition) is 2. The first-order valence-electron chi connectivity index (χ1n) is 9.13. The van der Waals surface area contributed by atoms with Gasteiger partial charge in [0.1, 0.15) is 5.75 Å². The number of benzene rings is 2. The number of rotatable bonds is 9. The van der Waals surface area contributed by atoms with Crippen molar-refractivity contribution < 1.29 is 17.9 Å². The summed E-state index contributed by atoms with van der Waals surface area (Å²) in [5, 5.41) is 2.78. The van der Waals surface area contributed by atoms with Crippen molar-refractivity contribution in [1.29, 1.82) is 0 Å². The molecule has 0 saturated carbocycles. The molecule has 0 aliphatic carbocycles. The van der Waals surface area contributed by atoms with E-state index in [1.54, 1.807) is 24.3 Å². The molecule has 1 amide bonds. The van der Waals surface area contributed by atoms with Crippen molar-refractivity contribution in [1.82, 2.24) is 4.72 Å². The zero-order valence-corrected chi connectivity index (χ0v) is 18.6. The maximum Gasteiger partial charge on any atom is 0.259 e. The molecule has 152 valence electrons. The summed E-state index contributed by atoms with van der Waals surface area (Å²) < 4.78 is 33.6. The molecule has 1 unspecified atom stereocenters. The molecule has 2 aromatic carbocycles. The summed E-state index contributed by atoms with van der Waals surface area (Å²) in [5.74, 6) is 0.167. The zero-order chi connectivity index (χ0) is 20.7. The van der Waals surface area contributed by atoms with Crippen LogP contribution in [-0.4, -0.2) is 27.0 Å². The zero-order valence-electron chi connectivity index (χ0n) is 16.2. The second-order valence-electron chi connectivity index (χ2n) is 6.40. The van der Waals surface area contributed by atoms with Crippen LogP contribution in [0.2, 0.25) is 0 Å². The van der Waals surface area contributed by atoms with E-state index in [2.05, 4.69) is 26.0 Å². The Morgan fingerprint density at radius 1 is 1.14 bits per heavy atom. The molecular formula is C20H25BrN2O4S. The molecule has 2 rings (SSSR count). The minimum atomic E-state index is -3.58. The van der Waals surface area contributed by atoms with E-state index in [9.17, 15) is 13.2 Å².